The highest BCUT2D eigenvalue weighted by Crippen LogP contribution is 2.29. The lowest BCUT2D eigenvalue weighted by atomic mass is 10.1. The van der Waals surface area contributed by atoms with Crippen molar-refractivity contribution in [3.05, 3.63) is 87.3 Å². The Labute approximate surface area is 202 Å². The van der Waals surface area contributed by atoms with Crippen molar-refractivity contribution in [1.82, 2.24) is 14.0 Å². The van der Waals surface area contributed by atoms with Crippen molar-refractivity contribution >= 4 is 28.6 Å². The van der Waals surface area contributed by atoms with E-state index in [-0.39, 0.29) is 40.8 Å². The molecule has 11 heteroatoms. The third-order valence-electron chi connectivity index (χ3n) is 5.40. The van der Waals surface area contributed by atoms with E-state index in [9.17, 15) is 27.6 Å². The third-order valence-corrected chi connectivity index (χ3v) is 5.40. The first-order chi connectivity index (χ1) is 17.2. The number of ether oxygens (including phenoxy) is 1. The smallest absolute Gasteiger partial charge is 0.416 e. The van der Waals surface area contributed by atoms with E-state index in [0.29, 0.717) is 12.1 Å². The van der Waals surface area contributed by atoms with Crippen LogP contribution in [-0.4, -0.2) is 32.4 Å². The number of pyridine rings is 2. The van der Waals surface area contributed by atoms with Gasteiger partial charge < -0.3 is 9.30 Å². The van der Waals surface area contributed by atoms with Crippen LogP contribution in [0.1, 0.15) is 46.5 Å². The van der Waals surface area contributed by atoms with E-state index in [0.717, 1.165) is 24.3 Å². The first-order valence-corrected chi connectivity index (χ1v) is 11.1. The van der Waals surface area contributed by atoms with E-state index < -0.39 is 29.2 Å². The Balaban J connectivity index is 2.02. The Hall–Kier alpha value is -4.28. The minimum atomic E-state index is -4.55. The van der Waals surface area contributed by atoms with E-state index in [1.165, 1.54) is 15.0 Å². The average molecular weight is 498 g/mol. The molecule has 0 radical (unpaired) electrons. The lowest BCUT2D eigenvalue weighted by molar-refractivity contribution is -0.137. The molecule has 4 aromatic rings. The van der Waals surface area contributed by atoms with Gasteiger partial charge in [0.05, 0.1) is 17.6 Å². The summed E-state index contributed by atoms with van der Waals surface area (Å²) in [4.78, 5) is 47.7. The molecular formula is C25H21F3N4O4. The highest BCUT2D eigenvalue weighted by Gasteiger charge is 2.30. The van der Waals surface area contributed by atoms with Gasteiger partial charge >= 0.3 is 12.1 Å². The lowest BCUT2D eigenvalue weighted by Crippen LogP contribution is -2.32. The van der Waals surface area contributed by atoms with Gasteiger partial charge in [0.2, 0.25) is 0 Å². The minimum absolute atomic E-state index is 0.0336. The van der Waals surface area contributed by atoms with E-state index in [1.54, 1.807) is 31.3 Å². The minimum Gasteiger partial charge on any atom is -0.462 e. The number of fused-ring (bicyclic) bond motifs is 2. The summed E-state index contributed by atoms with van der Waals surface area (Å²) < 4.78 is 46.7. The molecule has 1 aromatic carbocycles. The summed E-state index contributed by atoms with van der Waals surface area (Å²) in [7, 11) is 0. The molecular weight excluding hydrogens is 477 g/mol. The molecule has 0 spiro atoms. The van der Waals surface area contributed by atoms with Crippen LogP contribution in [0.2, 0.25) is 0 Å². The molecule has 1 amide bonds. The Bertz CT molecular complexity index is 1600. The summed E-state index contributed by atoms with van der Waals surface area (Å²) in [5.41, 5.74) is -1.11. The molecule has 0 aliphatic carbocycles. The van der Waals surface area contributed by atoms with Crippen LogP contribution in [0.3, 0.4) is 0 Å². The van der Waals surface area contributed by atoms with Crippen molar-refractivity contribution in [2.24, 2.45) is 4.99 Å². The van der Waals surface area contributed by atoms with Crippen LogP contribution >= 0.6 is 0 Å². The molecule has 0 saturated carbocycles. The molecule has 3 heterocycles. The number of hydrogen-bond donors (Lipinski definition) is 0. The van der Waals surface area contributed by atoms with Crippen LogP contribution < -0.4 is 11.0 Å². The maximum absolute atomic E-state index is 13.2. The SMILES string of the molecule is CCCn1c(=NC(=O)c2ccc(C(F)(F)F)cc2)c(C(=O)OCC)cc2c(=O)n3ccccc3nc21. The van der Waals surface area contributed by atoms with Crippen molar-refractivity contribution < 1.29 is 27.5 Å². The molecule has 0 unspecified atom stereocenters. The van der Waals surface area contributed by atoms with Gasteiger partial charge in [-0.2, -0.15) is 18.2 Å². The van der Waals surface area contributed by atoms with Gasteiger partial charge in [0.25, 0.3) is 11.5 Å². The maximum Gasteiger partial charge on any atom is 0.416 e. The molecule has 186 valence electrons. The first-order valence-electron chi connectivity index (χ1n) is 11.1. The van der Waals surface area contributed by atoms with E-state index in [1.807, 2.05) is 6.92 Å². The molecule has 8 nitrogen and oxygen atoms in total. The average Bonchev–Trinajstić information content (AvgIpc) is 2.85. The van der Waals surface area contributed by atoms with Crippen molar-refractivity contribution in [3.8, 4) is 0 Å². The summed E-state index contributed by atoms with van der Waals surface area (Å²) in [5.74, 6) is -1.67. The van der Waals surface area contributed by atoms with Crippen LogP contribution in [0.5, 0.6) is 0 Å². The van der Waals surface area contributed by atoms with Gasteiger partial charge in [-0.05, 0) is 55.8 Å². The van der Waals surface area contributed by atoms with Crippen LogP contribution in [-0.2, 0) is 17.5 Å². The number of nitrogens with zero attached hydrogens (tertiary/aromatic N) is 4. The van der Waals surface area contributed by atoms with Crippen LogP contribution in [0.4, 0.5) is 13.2 Å². The molecule has 0 fully saturated rings. The molecule has 0 atom stereocenters. The Morgan fingerprint density at radius 1 is 1.08 bits per heavy atom. The van der Waals surface area contributed by atoms with E-state index in [4.69, 9.17) is 4.74 Å². The molecule has 0 N–H and O–H groups in total. The van der Waals surface area contributed by atoms with Crippen LogP contribution in [0, 0.1) is 0 Å². The molecule has 36 heavy (non-hydrogen) atoms. The van der Waals surface area contributed by atoms with E-state index >= 15 is 0 Å². The number of rotatable bonds is 5. The number of carbonyl (C=O) groups is 2. The number of esters is 1. The van der Waals surface area contributed by atoms with Gasteiger partial charge in [-0.15, -0.1) is 0 Å². The zero-order chi connectivity index (χ0) is 26.0. The predicted octanol–water partition coefficient (Wildman–Crippen LogP) is 4.00. The summed E-state index contributed by atoms with van der Waals surface area (Å²) in [5, 5.41) is 0.121. The third kappa shape index (κ3) is 4.64. The van der Waals surface area contributed by atoms with Crippen molar-refractivity contribution in [2.45, 2.75) is 33.0 Å². The van der Waals surface area contributed by atoms with Gasteiger partial charge in [-0.3, -0.25) is 14.0 Å². The zero-order valence-electron chi connectivity index (χ0n) is 19.4. The largest absolute Gasteiger partial charge is 0.462 e. The molecule has 0 bridgehead atoms. The molecule has 0 aliphatic rings. The van der Waals surface area contributed by atoms with Crippen LogP contribution in [0.15, 0.2) is 64.5 Å². The summed E-state index contributed by atoms with van der Waals surface area (Å²) in [6.07, 6.45) is -2.47. The summed E-state index contributed by atoms with van der Waals surface area (Å²) in [6, 6.07) is 9.90. The second-order valence-corrected chi connectivity index (χ2v) is 7.83. The highest BCUT2D eigenvalue weighted by atomic mass is 19.4. The molecule has 0 saturated heterocycles. The monoisotopic (exact) mass is 498 g/mol. The highest BCUT2D eigenvalue weighted by molar-refractivity contribution is 5.97. The molecule has 4 rings (SSSR count). The number of benzene rings is 1. The number of alkyl halides is 3. The van der Waals surface area contributed by atoms with Gasteiger partial charge in [0.1, 0.15) is 16.9 Å². The van der Waals surface area contributed by atoms with E-state index in [2.05, 4.69) is 9.98 Å². The number of hydrogen-bond acceptors (Lipinski definition) is 5. The number of aryl methyl sites for hydroxylation is 1. The Morgan fingerprint density at radius 2 is 1.81 bits per heavy atom. The fourth-order valence-electron chi connectivity index (χ4n) is 3.76. The zero-order valence-corrected chi connectivity index (χ0v) is 19.4. The molecule has 0 aliphatic heterocycles. The lowest BCUT2D eigenvalue weighted by Gasteiger charge is -2.14. The number of carbonyl (C=O) groups excluding carboxylic acids is 2. The Kier molecular flexibility index (Phi) is 6.73. The van der Waals surface area contributed by atoms with Crippen LogP contribution in [0.25, 0.3) is 16.7 Å². The normalized spacial score (nSPS) is 12.3. The summed E-state index contributed by atoms with van der Waals surface area (Å²) in [6.45, 7) is 3.74. The second-order valence-electron chi connectivity index (χ2n) is 7.83. The first kappa shape index (κ1) is 24.8. The topological polar surface area (TPSA) is 95.0 Å². The number of halogens is 3. The van der Waals surface area contributed by atoms with Crippen molar-refractivity contribution in [1.29, 1.82) is 0 Å². The number of amides is 1. The van der Waals surface area contributed by atoms with Gasteiger partial charge in [0.15, 0.2) is 5.49 Å². The predicted molar refractivity (Wildman–Crippen MR) is 125 cm³/mol. The molecule has 3 aromatic heterocycles. The summed E-state index contributed by atoms with van der Waals surface area (Å²) >= 11 is 0. The van der Waals surface area contributed by atoms with Gasteiger partial charge in [-0.25, -0.2) is 9.78 Å². The standard InChI is InChI=1S/C25H21F3N4O4/c1-3-12-32-20-17(23(34)31-13-6-5-7-19(31)29-20)14-18(24(35)36-4-2)21(32)30-22(33)15-8-10-16(11-9-15)25(26,27)28/h5-11,13-14H,3-4,12H2,1-2H3. The fourth-order valence-corrected chi connectivity index (χ4v) is 3.76. The second kappa shape index (κ2) is 9.76. The van der Waals surface area contributed by atoms with Gasteiger partial charge in [0, 0.05) is 18.3 Å². The van der Waals surface area contributed by atoms with Crippen molar-refractivity contribution in [2.75, 3.05) is 6.61 Å². The Morgan fingerprint density at radius 3 is 2.44 bits per heavy atom. The van der Waals surface area contributed by atoms with Crippen molar-refractivity contribution in [3.63, 3.8) is 0 Å². The number of aromatic nitrogens is 3. The fraction of sp³-hybridized carbons (Fsp3) is 0.240. The quantitative estimate of drug-likeness (QED) is 0.306. The maximum atomic E-state index is 13.2. The van der Waals surface area contributed by atoms with Gasteiger partial charge in [-0.1, -0.05) is 13.0 Å².